The zero-order chi connectivity index (χ0) is 36.5. The van der Waals surface area contributed by atoms with Crippen molar-refractivity contribution in [1.29, 1.82) is 0 Å². The van der Waals surface area contributed by atoms with Crippen molar-refractivity contribution < 1.29 is 17.1 Å². The second-order valence-corrected chi connectivity index (χ2v) is 29.8. The number of rotatable bonds is 7. The van der Waals surface area contributed by atoms with Gasteiger partial charge in [0.1, 0.15) is 0 Å². The van der Waals surface area contributed by atoms with Crippen molar-refractivity contribution in [2.75, 3.05) is 6.16 Å². The molecule has 4 saturated carbocycles. The van der Waals surface area contributed by atoms with Gasteiger partial charge < -0.3 is 0 Å². The summed E-state index contributed by atoms with van der Waals surface area (Å²) in [6.07, 6.45) is 8.26. The molecule has 0 amide bonds. The molecule has 4 aromatic carbocycles. The minimum atomic E-state index is -1.80. The molecule has 7 heteroatoms. The standard InChI is InChI=1S/C41H51N2P2Si2.C5H5.Fe/c1-46(2,3)35-22-31(38(39(35)47(4,5)6)40-23-26-19-27(24-40)21-30(20-26)32(40)25-44)41(45,36-17-15-28-11-7-9-13-33(28)42-36)37-18-16-29-12-8-10-14-34(29)43-37;1-2-4-5-3-1;/h7-18,22,26-27,30,32H,19-21,23-25,44-45H2,1-6H3;1-5H;/q2*-1;+2. The second kappa shape index (κ2) is 14.7. The molecule has 0 saturated heterocycles. The van der Waals surface area contributed by atoms with Gasteiger partial charge in [-0.3, -0.25) is 9.97 Å². The molecule has 5 unspecified atom stereocenters. The van der Waals surface area contributed by atoms with Crippen molar-refractivity contribution in [3.8, 4) is 0 Å². The van der Waals surface area contributed by atoms with E-state index in [0.717, 1.165) is 46.1 Å². The van der Waals surface area contributed by atoms with Gasteiger partial charge in [0.05, 0.1) is 19.1 Å². The van der Waals surface area contributed by atoms with Crippen LogP contribution >= 0.6 is 18.5 Å². The van der Waals surface area contributed by atoms with Gasteiger partial charge in [0.25, 0.3) is 0 Å². The number of hydrogen-bond acceptors (Lipinski definition) is 2. The van der Waals surface area contributed by atoms with Crippen molar-refractivity contribution in [3.63, 3.8) is 0 Å². The number of para-hydroxylation sites is 2. The molecule has 276 valence electrons. The molecule has 0 spiro atoms. The molecule has 0 aliphatic heterocycles. The van der Waals surface area contributed by atoms with Crippen molar-refractivity contribution in [1.82, 2.24) is 9.97 Å². The molecule has 2 heterocycles. The predicted molar refractivity (Wildman–Crippen MR) is 236 cm³/mol. The third-order valence-electron chi connectivity index (χ3n) is 12.9. The van der Waals surface area contributed by atoms with Crippen molar-refractivity contribution >= 4 is 66.8 Å². The Balaban J connectivity index is 0.000000671. The maximum absolute atomic E-state index is 5.53. The summed E-state index contributed by atoms with van der Waals surface area (Å²) in [4.78, 5) is 11.1. The third-order valence-corrected chi connectivity index (χ3v) is 18.6. The van der Waals surface area contributed by atoms with Gasteiger partial charge >= 0.3 is 17.1 Å². The maximum Gasteiger partial charge on any atom is 2.00 e. The fraction of sp³-hybridized carbons (Fsp3) is 0.391. The summed E-state index contributed by atoms with van der Waals surface area (Å²) in [5, 5.41) is 5.30. The number of fused-ring (bicyclic) bond motifs is 2. The molecule has 0 radical (unpaired) electrons. The Bertz CT molecular complexity index is 2100. The Morgan fingerprint density at radius 2 is 1.28 bits per heavy atom. The van der Waals surface area contributed by atoms with E-state index in [4.69, 9.17) is 9.97 Å². The molecule has 4 aliphatic carbocycles. The van der Waals surface area contributed by atoms with Crippen LogP contribution in [-0.4, -0.2) is 32.3 Å². The monoisotopic (exact) mass is 810 g/mol. The van der Waals surface area contributed by atoms with E-state index in [9.17, 15) is 0 Å². The summed E-state index contributed by atoms with van der Waals surface area (Å²) in [6.45, 7) is 15.6. The second-order valence-electron chi connectivity index (χ2n) is 18.4. The fourth-order valence-corrected chi connectivity index (χ4v) is 18.1. The first-order valence-electron chi connectivity index (χ1n) is 19.6. The number of hydrogen-bond donors (Lipinski definition) is 0. The van der Waals surface area contributed by atoms with E-state index in [2.05, 4.69) is 137 Å². The zero-order valence-electron chi connectivity index (χ0n) is 32.3. The van der Waals surface area contributed by atoms with Crippen LogP contribution in [0.3, 0.4) is 0 Å². The number of aromatic nitrogens is 2. The average molecular weight is 811 g/mol. The van der Waals surface area contributed by atoms with Gasteiger partial charge in [-0.05, 0) is 91.6 Å². The molecule has 10 rings (SSSR count). The van der Waals surface area contributed by atoms with Crippen LogP contribution in [-0.2, 0) is 27.6 Å². The van der Waals surface area contributed by atoms with E-state index in [1.165, 1.54) is 54.6 Å². The summed E-state index contributed by atoms with van der Waals surface area (Å²) in [5.74, 6) is 3.30. The molecular formula is C46H56FeN2P2Si2. The molecule has 2 aromatic heterocycles. The summed E-state index contributed by atoms with van der Waals surface area (Å²) in [5.41, 5.74) is 7.75. The van der Waals surface area contributed by atoms with Crippen LogP contribution in [0.5, 0.6) is 0 Å². The summed E-state index contributed by atoms with van der Waals surface area (Å²) >= 11 is 0. The minimum Gasteiger partial charge on any atom is -0.252 e. The van der Waals surface area contributed by atoms with E-state index in [0.29, 0.717) is 0 Å². The van der Waals surface area contributed by atoms with Gasteiger partial charge in [0.2, 0.25) is 0 Å². The Hall–Kier alpha value is -2.23. The van der Waals surface area contributed by atoms with Crippen LogP contribution in [0, 0.1) is 23.7 Å². The predicted octanol–water partition coefficient (Wildman–Crippen LogP) is 10.7. The topological polar surface area (TPSA) is 25.8 Å². The molecule has 53 heavy (non-hydrogen) atoms. The molecule has 4 bridgehead atoms. The number of benzene rings is 2. The normalized spacial score (nSPS) is 23.8. The van der Waals surface area contributed by atoms with E-state index >= 15 is 0 Å². The number of nitrogens with zero attached hydrogens (tertiary/aromatic N) is 2. The Morgan fingerprint density at radius 3 is 1.74 bits per heavy atom. The minimum absolute atomic E-state index is 0. The molecule has 4 aliphatic rings. The first kappa shape index (κ1) is 39.0. The van der Waals surface area contributed by atoms with Crippen LogP contribution < -0.4 is 10.4 Å². The maximum atomic E-state index is 5.53. The first-order chi connectivity index (χ1) is 24.8. The van der Waals surface area contributed by atoms with E-state index in [1.54, 1.807) is 15.9 Å². The third kappa shape index (κ3) is 6.85. The Morgan fingerprint density at radius 1 is 0.755 bits per heavy atom. The van der Waals surface area contributed by atoms with E-state index < -0.39 is 21.3 Å². The van der Waals surface area contributed by atoms with Gasteiger partial charge in [-0.15, -0.1) is 18.5 Å². The van der Waals surface area contributed by atoms with Crippen molar-refractivity contribution in [2.24, 2.45) is 23.7 Å². The van der Waals surface area contributed by atoms with E-state index in [1.807, 2.05) is 30.3 Å². The average Bonchev–Trinajstić information content (AvgIpc) is 3.84. The SMILES string of the molecule is C[Si](C)(C)c1cc(C(P)(c2ccc3ccccc3n2)c2ccc3ccccc3n2)c(C23CC4CC(CC(C4)C2CP)C3)[c-]1[Si](C)(C)C.[Fe+2].c1cc[cH-]c1. The molecule has 4 fully saturated rings. The Kier molecular flexibility index (Phi) is 10.8. The fourth-order valence-electron chi connectivity index (χ4n) is 11.0. The van der Waals surface area contributed by atoms with Crippen LogP contribution in [0.2, 0.25) is 39.3 Å². The van der Waals surface area contributed by atoms with Crippen LogP contribution in [0.4, 0.5) is 0 Å². The molecular weight excluding hydrogens is 754 g/mol. The molecule has 2 nitrogen and oxygen atoms in total. The summed E-state index contributed by atoms with van der Waals surface area (Å²) in [7, 11) is 3.16. The largest absolute Gasteiger partial charge is 2.00 e. The molecule has 5 atom stereocenters. The van der Waals surface area contributed by atoms with Crippen LogP contribution in [0.1, 0.15) is 54.6 Å². The van der Waals surface area contributed by atoms with Crippen molar-refractivity contribution in [2.45, 2.75) is 82.0 Å². The molecule has 6 aromatic rings. The van der Waals surface area contributed by atoms with Crippen LogP contribution in [0.25, 0.3) is 21.8 Å². The van der Waals surface area contributed by atoms with Gasteiger partial charge in [0.15, 0.2) is 0 Å². The first-order valence-corrected chi connectivity index (χ1v) is 28.0. The van der Waals surface area contributed by atoms with E-state index in [-0.39, 0.29) is 22.5 Å². The van der Waals surface area contributed by atoms with Gasteiger partial charge in [0, 0.05) is 35.4 Å². The van der Waals surface area contributed by atoms with Gasteiger partial charge in [-0.2, -0.15) is 39.7 Å². The zero-order valence-corrected chi connectivity index (χ0v) is 37.8. The number of pyridine rings is 2. The Labute approximate surface area is 335 Å². The molecule has 0 N–H and O–H groups in total. The van der Waals surface area contributed by atoms with Crippen molar-refractivity contribution in [3.05, 3.63) is 132 Å². The van der Waals surface area contributed by atoms with Gasteiger partial charge in [-0.1, -0.05) is 87.8 Å². The summed E-state index contributed by atoms with van der Waals surface area (Å²) < 4.78 is 0. The van der Waals surface area contributed by atoms with Crippen LogP contribution in [0.15, 0.2) is 109 Å². The van der Waals surface area contributed by atoms with Gasteiger partial charge in [-0.25, -0.2) is 18.2 Å². The summed E-state index contributed by atoms with van der Waals surface area (Å²) in [6, 6.07) is 39.1. The smallest absolute Gasteiger partial charge is 0.252 e. The quantitative estimate of drug-likeness (QED) is 0.0912.